The molecule has 0 radical (unpaired) electrons. The predicted molar refractivity (Wildman–Crippen MR) is 113 cm³/mol. The lowest BCUT2D eigenvalue weighted by atomic mass is 9.99. The van der Waals surface area contributed by atoms with Gasteiger partial charge in [0.2, 0.25) is 0 Å². The summed E-state index contributed by atoms with van der Waals surface area (Å²) in [4.78, 5) is 0.796. The number of hydrogen-bond acceptors (Lipinski definition) is 2. The highest BCUT2D eigenvalue weighted by Crippen LogP contribution is 2.39. The van der Waals surface area contributed by atoms with Gasteiger partial charge >= 0.3 is 0 Å². The van der Waals surface area contributed by atoms with Gasteiger partial charge in [-0.05, 0) is 36.4 Å². The third-order valence-electron chi connectivity index (χ3n) is 4.31. The molecule has 134 valence electrons. The van der Waals surface area contributed by atoms with Crippen LogP contribution in [0.4, 0.5) is 0 Å². The van der Waals surface area contributed by atoms with Gasteiger partial charge in [0.15, 0.2) is 0 Å². The van der Waals surface area contributed by atoms with E-state index in [-0.39, 0.29) is 11.3 Å². The van der Waals surface area contributed by atoms with Gasteiger partial charge < -0.3 is 0 Å². The molecule has 3 atom stereocenters. The van der Waals surface area contributed by atoms with E-state index in [1.165, 1.54) is 5.56 Å². The van der Waals surface area contributed by atoms with E-state index >= 15 is 0 Å². The fraction of sp³-hybridized carbons (Fsp3) is 0.182. The second kappa shape index (κ2) is 9.17. The molecular formula is C22H23NOS2. The van der Waals surface area contributed by atoms with Crippen molar-refractivity contribution in [3.63, 3.8) is 0 Å². The molecule has 3 aromatic carbocycles. The molecule has 1 N–H and O–H groups in total. The summed E-state index contributed by atoms with van der Waals surface area (Å²) >= 11 is 1.77. The van der Waals surface area contributed by atoms with Crippen LogP contribution in [0.3, 0.4) is 0 Å². The van der Waals surface area contributed by atoms with Crippen molar-refractivity contribution in [1.29, 1.82) is 0 Å². The second-order valence-corrected chi connectivity index (χ2v) is 8.38. The van der Waals surface area contributed by atoms with Gasteiger partial charge in [-0.2, -0.15) is 11.8 Å². The van der Waals surface area contributed by atoms with Gasteiger partial charge in [0.05, 0.1) is 10.9 Å². The van der Waals surface area contributed by atoms with Crippen molar-refractivity contribution in [2.24, 2.45) is 0 Å². The first-order chi connectivity index (χ1) is 12.7. The van der Waals surface area contributed by atoms with Crippen molar-refractivity contribution in [3.8, 4) is 0 Å². The zero-order valence-corrected chi connectivity index (χ0v) is 16.6. The van der Waals surface area contributed by atoms with Crippen LogP contribution < -0.4 is 4.72 Å². The van der Waals surface area contributed by atoms with E-state index in [1.54, 1.807) is 11.8 Å². The highest BCUT2D eigenvalue weighted by Gasteiger charge is 2.26. The number of nitrogens with one attached hydrogen (secondary N) is 1. The minimum atomic E-state index is -1.28. The lowest BCUT2D eigenvalue weighted by molar-refractivity contribution is 0.617. The summed E-state index contributed by atoms with van der Waals surface area (Å²) in [7, 11) is -1.28. The van der Waals surface area contributed by atoms with Crippen molar-refractivity contribution >= 4 is 22.7 Å². The monoisotopic (exact) mass is 381 g/mol. The van der Waals surface area contributed by atoms with Gasteiger partial charge in [-0.1, -0.05) is 78.4 Å². The van der Waals surface area contributed by atoms with Crippen LogP contribution in [-0.2, 0) is 11.0 Å². The van der Waals surface area contributed by atoms with Gasteiger partial charge in [0.25, 0.3) is 0 Å². The van der Waals surface area contributed by atoms with E-state index in [2.05, 4.69) is 47.4 Å². The summed E-state index contributed by atoms with van der Waals surface area (Å²) in [5, 5.41) is 0.160. The SMILES string of the molecule is CS[C@@H](c1ccccc1)[C@H](NS(=O)c1ccc(C)cc1)c1ccccc1. The fourth-order valence-electron chi connectivity index (χ4n) is 2.92. The maximum atomic E-state index is 13.0. The molecule has 0 heterocycles. The van der Waals surface area contributed by atoms with Crippen LogP contribution in [0.15, 0.2) is 89.8 Å². The molecular weight excluding hydrogens is 358 g/mol. The first-order valence-corrected chi connectivity index (χ1v) is 11.0. The van der Waals surface area contributed by atoms with E-state index in [1.807, 2.05) is 55.5 Å². The molecule has 3 rings (SSSR count). The zero-order chi connectivity index (χ0) is 18.4. The molecule has 2 nitrogen and oxygen atoms in total. The van der Waals surface area contributed by atoms with Crippen LogP contribution in [0, 0.1) is 6.92 Å². The largest absolute Gasteiger partial charge is 0.237 e. The van der Waals surface area contributed by atoms with E-state index < -0.39 is 11.0 Å². The Labute approximate surface area is 162 Å². The maximum Gasteiger partial charge on any atom is 0.125 e. The Morgan fingerprint density at radius 2 is 1.35 bits per heavy atom. The summed E-state index contributed by atoms with van der Waals surface area (Å²) in [6, 6.07) is 28.4. The zero-order valence-electron chi connectivity index (χ0n) is 15.0. The van der Waals surface area contributed by atoms with E-state index in [4.69, 9.17) is 0 Å². The lowest BCUT2D eigenvalue weighted by Gasteiger charge is -2.27. The van der Waals surface area contributed by atoms with Gasteiger partial charge in [-0.25, -0.2) is 8.93 Å². The average Bonchev–Trinajstić information content (AvgIpc) is 2.69. The Kier molecular flexibility index (Phi) is 6.67. The molecule has 0 saturated heterocycles. The highest BCUT2D eigenvalue weighted by molar-refractivity contribution is 7.98. The third kappa shape index (κ3) is 4.64. The van der Waals surface area contributed by atoms with Gasteiger partial charge in [-0.15, -0.1) is 0 Å². The highest BCUT2D eigenvalue weighted by atomic mass is 32.2. The molecule has 0 saturated carbocycles. The van der Waals surface area contributed by atoms with Crippen molar-refractivity contribution in [3.05, 3.63) is 102 Å². The van der Waals surface area contributed by atoms with Gasteiger partial charge in [0, 0.05) is 5.25 Å². The second-order valence-electron chi connectivity index (χ2n) is 6.15. The maximum absolute atomic E-state index is 13.0. The summed E-state index contributed by atoms with van der Waals surface area (Å²) in [5.41, 5.74) is 3.52. The Morgan fingerprint density at radius 1 is 0.808 bits per heavy atom. The van der Waals surface area contributed by atoms with Gasteiger partial charge in [-0.3, -0.25) is 0 Å². The number of aryl methyl sites for hydroxylation is 1. The van der Waals surface area contributed by atoms with Crippen LogP contribution in [0.5, 0.6) is 0 Å². The molecule has 0 aromatic heterocycles. The van der Waals surface area contributed by atoms with E-state index in [0.29, 0.717) is 0 Å². The Balaban J connectivity index is 1.93. The summed E-state index contributed by atoms with van der Waals surface area (Å²) in [6.45, 7) is 2.03. The average molecular weight is 382 g/mol. The Hall–Kier alpha value is -1.88. The lowest BCUT2D eigenvalue weighted by Crippen LogP contribution is -2.28. The molecule has 0 aliphatic heterocycles. The quantitative estimate of drug-likeness (QED) is 0.589. The number of thioether (sulfide) groups is 1. The molecule has 4 heteroatoms. The summed E-state index contributed by atoms with van der Waals surface area (Å²) in [6.07, 6.45) is 2.10. The first kappa shape index (κ1) is 18.9. The molecule has 0 amide bonds. The fourth-order valence-corrected chi connectivity index (χ4v) is 4.95. The molecule has 0 fully saturated rings. The molecule has 1 unspecified atom stereocenters. The van der Waals surface area contributed by atoms with Crippen LogP contribution in [0.1, 0.15) is 28.0 Å². The summed E-state index contributed by atoms with van der Waals surface area (Å²) < 4.78 is 16.4. The molecule has 26 heavy (non-hydrogen) atoms. The Morgan fingerprint density at radius 3 is 1.88 bits per heavy atom. The van der Waals surface area contributed by atoms with Crippen molar-refractivity contribution in [2.45, 2.75) is 23.1 Å². The normalized spacial score (nSPS) is 14.5. The number of rotatable bonds is 7. The van der Waals surface area contributed by atoms with Crippen molar-refractivity contribution in [1.82, 2.24) is 4.72 Å². The Bertz CT molecular complexity index is 835. The van der Waals surface area contributed by atoms with Crippen LogP contribution in [0.25, 0.3) is 0 Å². The van der Waals surface area contributed by atoms with E-state index in [0.717, 1.165) is 16.0 Å². The minimum absolute atomic E-state index is 0.0595. The van der Waals surface area contributed by atoms with Crippen molar-refractivity contribution in [2.75, 3.05) is 6.26 Å². The van der Waals surface area contributed by atoms with Crippen LogP contribution >= 0.6 is 11.8 Å². The third-order valence-corrected chi connectivity index (χ3v) is 6.53. The predicted octanol–water partition coefficient (Wildman–Crippen LogP) is 5.45. The smallest absolute Gasteiger partial charge is 0.125 e. The van der Waals surface area contributed by atoms with Crippen molar-refractivity contribution < 1.29 is 4.21 Å². The summed E-state index contributed by atoms with van der Waals surface area (Å²) in [5.74, 6) is 0. The number of hydrogen-bond donors (Lipinski definition) is 1. The van der Waals surface area contributed by atoms with E-state index in [9.17, 15) is 4.21 Å². The topological polar surface area (TPSA) is 29.1 Å². The van der Waals surface area contributed by atoms with Crippen LogP contribution in [0.2, 0.25) is 0 Å². The van der Waals surface area contributed by atoms with Crippen LogP contribution in [-0.4, -0.2) is 10.5 Å². The molecule has 0 spiro atoms. The minimum Gasteiger partial charge on any atom is -0.237 e. The first-order valence-electron chi connectivity index (χ1n) is 8.56. The molecule has 0 aliphatic carbocycles. The number of benzene rings is 3. The molecule has 3 aromatic rings. The standard InChI is InChI=1S/C22H23NOS2/c1-17-13-15-20(16-14-17)26(24)23-21(18-9-5-3-6-10-18)22(25-2)19-11-7-4-8-12-19/h3-16,21-23H,1-2H3/t21-,22+,26?/m1/s1. The molecule has 0 aliphatic rings. The van der Waals surface area contributed by atoms with Gasteiger partial charge in [0.1, 0.15) is 11.0 Å². The molecule has 0 bridgehead atoms.